The van der Waals surface area contributed by atoms with Gasteiger partial charge in [0.25, 0.3) is 0 Å². The van der Waals surface area contributed by atoms with Gasteiger partial charge in [-0.1, -0.05) is 30.3 Å². The lowest BCUT2D eigenvalue weighted by molar-refractivity contribution is 0.103. The number of hydrogen-bond acceptors (Lipinski definition) is 2. The molecule has 0 radical (unpaired) electrons. The Bertz CT molecular complexity index is 802. The summed E-state index contributed by atoms with van der Waals surface area (Å²) < 4.78 is 7.30. The molecule has 0 fully saturated rings. The summed E-state index contributed by atoms with van der Waals surface area (Å²) in [6.07, 6.45) is 1.94. The van der Waals surface area contributed by atoms with E-state index in [1.807, 2.05) is 48.7 Å². The first-order valence-electron chi connectivity index (χ1n) is 7.01. The molecule has 0 aliphatic carbocycles. The third kappa shape index (κ3) is 2.31. The smallest absolute Gasteiger partial charge is 0.195 e. The Kier molecular flexibility index (Phi) is 3.48. The summed E-state index contributed by atoms with van der Waals surface area (Å²) in [5, 5.41) is 0.993. The SMILES string of the molecule is CCn1cc(C(=O)c2cccc(OC)c2)c2ccccc21. The zero-order valence-electron chi connectivity index (χ0n) is 12.2. The molecule has 0 atom stereocenters. The largest absolute Gasteiger partial charge is 0.497 e. The summed E-state index contributed by atoms with van der Waals surface area (Å²) in [6.45, 7) is 2.91. The number of carbonyl (C=O) groups excluding carboxylic acids is 1. The fraction of sp³-hybridized carbons (Fsp3) is 0.167. The molecule has 0 bridgehead atoms. The van der Waals surface area contributed by atoms with Gasteiger partial charge in [-0.15, -0.1) is 0 Å². The lowest BCUT2D eigenvalue weighted by Crippen LogP contribution is -2.01. The van der Waals surface area contributed by atoms with Crippen LogP contribution in [0.1, 0.15) is 22.8 Å². The van der Waals surface area contributed by atoms with Crippen molar-refractivity contribution in [2.45, 2.75) is 13.5 Å². The molecule has 0 amide bonds. The van der Waals surface area contributed by atoms with Gasteiger partial charge in [0.1, 0.15) is 5.75 Å². The Morgan fingerprint density at radius 3 is 2.71 bits per heavy atom. The lowest BCUT2D eigenvalue weighted by Gasteiger charge is -2.03. The number of carbonyl (C=O) groups is 1. The summed E-state index contributed by atoms with van der Waals surface area (Å²) in [4.78, 5) is 12.8. The van der Waals surface area contributed by atoms with Crippen LogP contribution in [0.2, 0.25) is 0 Å². The van der Waals surface area contributed by atoms with Crippen molar-refractivity contribution >= 4 is 16.7 Å². The molecule has 21 heavy (non-hydrogen) atoms. The monoisotopic (exact) mass is 279 g/mol. The molecule has 106 valence electrons. The number of para-hydroxylation sites is 1. The Morgan fingerprint density at radius 1 is 1.14 bits per heavy atom. The molecule has 1 aromatic heterocycles. The van der Waals surface area contributed by atoms with Crippen LogP contribution in [0.15, 0.2) is 54.7 Å². The maximum absolute atomic E-state index is 12.8. The van der Waals surface area contributed by atoms with Crippen LogP contribution in [0.25, 0.3) is 10.9 Å². The topological polar surface area (TPSA) is 31.2 Å². The van der Waals surface area contributed by atoms with Crippen molar-refractivity contribution < 1.29 is 9.53 Å². The Hall–Kier alpha value is -2.55. The first-order valence-corrected chi connectivity index (χ1v) is 7.01. The highest BCUT2D eigenvalue weighted by atomic mass is 16.5. The predicted octanol–water partition coefficient (Wildman–Crippen LogP) is 3.90. The zero-order chi connectivity index (χ0) is 14.8. The zero-order valence-corrected chi connectivity index (χ0v) is 12.2. The van der Waals surface area contributed by atoms with E-state index < -0.39 is 0 Å². The average Bonchev–Trinajstić information content (AvgIpc) is 2.93. The molecule has 0 spiro atoms. The van der Waals surface area contributed by atoms with E-state index in [0.717, 1.165) is 23.0 Å². The highest BCUT2D eigenvalue weighted by Gasteiger charge is 2.16. The van der Waals surface area contributed by atoms with E-state index in [0.29, 0.717) is 11.3 Å². The normalized spacial score (nSPS) is 10.8. The van der Waals surface area contributed by atoms with Gasteiger partial charge in [-0.05, 0) is 25.1 Å². The van der Waals surface area contributed by atoms with Gasteiger partial charge >= 0.3 is 0 Å². The molecule has 3 aromatic rings. The number of aryl methyl sites for hydroxylation is 1. The number of hydrogen-bond donors (Lipinski definition) is 0. The molecule has 3 nitrogen and oxygen atoms in total. The number of methoxy groups -OCH3 is 1. The molecule has 0 N–H and O–H groups in total. The minimum atomic E-state index is 0.0253. The van der Waals surface area contributed by atoms with E-state index >= 15 is 0 Å². The van der Waals surface area contributed by atoms with Crippen molar-refractivity contribution in [3.63, 3.8) is 0 Å². The molecule has 0 saturated heterocycles. The van der Waals surface area contributed by atoms with Gasteiger partial charge in [0, 0.05) is 34.8 Å². The second-order valence-corrected chi connectivity index (χ2v) is 4.91. The molecule has 3 heteroatoms. The van der Waals surface area contributed by atoms with Gasteiger partial charge in [-0.25, -0.2) is 0 Å². The third-order valence-electron chi connectivity index (χ3n) is 3.71. The molecule has 0 aliphatic heterocycles. The number of aromatic nitrogens is 1. The average molecular weight is 279 g/mol. The molecule has 0 saturated carbocycles. The highest BCUT2D eigenvalue weighted by molar-refractivity contribution is 6.16. The maximum Gasteiger partial charge on any atom is 0.195 e. The van der Waals surface area contributed by atoms with Gasteiger partial charge in [0.2, 0.25) is 0 Å². The summed E-state index contributed by atoms with van der Waals surface area (Å²) in [7, 11) is 1.60. The second kappa shape index (κ2) is 5.44. The maximum atomic E-state index is 12.8. The lowest BCUT2D eigenvalue weighted by atomic mass is 10.0. The third-order valence-corrected chi connectivity index (χ3v) is 3.71. The number of ether oxygens (including phenoxy) is 1. The summed E-state index contributed by atoms with van der Waals surface area (Å²) in [6, 6.07) is 15.3. The van der Waals surface area contributed by atoms with Crippen LogP contribution in [0.5, 0.6) is 5.75 Å². The number of nitrogens with zero attached hydrogens (tertiary/aromatic N) is 1. The summed E-state index contributed by atoms with van der Waals surface area (Å²) in [5.41, 5.74) is 2.47. The minimum absolute atomic E-state index is 0.0253. The van der Waals surface area contributed by atoms with Crippen LogP contribution in [-0.4, -0.2) is 17.5 Å². The fourth-order valence-corrected chi connectivity index (χ4v) is 2.61. The molecular formula is C18H17NO2. The molecular weight excluding hydrogens is 262 g/mol. The van der Waals surface area contributed by atoms with E-state index in [2.05, 4.69) is 11.5 Å². The van der Waals surface area contributed by atoms with Gasteiger partial charge in [0.05, 0.1) is 7.11 Å². The van der Waals surface area contributed by atoms with Crippen molar-refractivity contribution in [2.24, 2.45) is 0 Å². The van der Waals surface area contributed by atoms with E-state index in [-0.39, 0.29) is 5.78 Å². The van der Waals surface area contributed by atoms with Crippen molar-refractivity contribution in [1.82, 2.24) is 4.57 Å². The van der Waals surface area contributed by atoms with Gasteiger partial charge in [-0.3, -0.25) is 4.79 Å². The predicted molar refractivity (Wildman–Crippen MR) is 84.0 cm³/mol. The second-order valence-electron chi connectivity index (χ2n) is 4.91. The van der Waals surface area contributed by atoms with Gasteiger partial charge in [-0.2, -0.15) is 0 Å². The van der Waals surface area contributed by atoms with E-state index in [1.54, 1.807) is 13.2 Å². The fourth-order valence-electron chi connectivity index (χ4n) is 2.61. The Balaban J connectivity index is 2.13. The van der Waals surface area contributed by atoms with Crippen LogP contribution in [0.4, 0.5) is 0 Å². The van der Waals surface area contributed by atoms with Crippen LogP contribution < -0.4 is 4.74 Å². The molecule has 2 aromatic carbocycles. The first kappa shape index (κ1) is 13.4. The van der Waals surface area contributed by atoms with Crippen LogP contribution >= 0.6 is 0 Å². The first-order chi connectivity index (χ1) is 10.2. The van der Waals surface area contributed by atoms with E-state index in [9.17, 15) is 4.79 Å². The van der Waals surface area contributed by atoms with E-state index in [1.165, 1.54) is 0 Å². The van der Waals surface area contributed by atoms with Gasteiger partial charge < -0.3 is 9.30 Å². The van der Waals surface area contributed by atoms with Crippen molar-refractivity contribution in [1.29, 1.82) is 0 Å². The molecule has 1 heterocycles. The van der Waals surface area contributed by atoms with E-state index in [4.69, 9.17) is 4.74 Å². The number of ketones is 1. The van der Waals surface area contributed by atoms with Crippen LogP contribution in [0.3, 0.4) is 0 Å². The van der Waals surface area contributed by atoms with Crippen LogP contribution in [0, 0.1) is 0 Å². The number of benzene rings is 2. The quantitative estimate of drug-likeness (QED) is 0.678. The highest BCUT2D eigenvalue weighted by Crippen LogP contribution is 2.25. The van der Waals surface area contributed by atoms with Gasteiger partial charge in [0.15, 0.2) is 5.78 Å². The van der Waals surface area contributed by atoms with Crippen molar-refractivity contribution in [3.05, 3.63) is 65.9 Å². The molecule has 3 rings (SSSR count). The van der Waals surface area contributed by atoms with Crippen molar-refractivity contribution in [2.75, 3.05) is 7.11 Å². The van der Waals surface area contributed by atoms with Crippen molar-refractivity contribution in [3.8, 4) is 5.75 Å². The summed E-state index contributed by atoms with van der Waals surface area (Å²) >= 11 is 0. The summed E-state index contributed by atoms with van der Waals surface area (Å²) in [5.74, 6) is 0.720. The Morgan fingerprint density at radius 2 is 1.95 bits per heavy atom. The minimum Gasteiger partial charge on any atom is -0.497 e. The Labute approximate surface area is 123 Å². The molecule has 0 aliphatic rings. The number of fused-ring (bicyclic) bond motifs is 1. The molecule has 0 unspecified atom stereocenters. The standard InChI is InChI=1S/C18H17NO2/c1-3-19-12-16(15-9-4-5-10-17(15)19)18(20)13-7-6-8-14(11-13)21-2/h4-12H,3H2,1-2H3. The number of rotatable bonds is 4. The van der Waals surface area contributed by atoms with Crippen LogP contribution in [-0.2, 0) is 6.54 Å².